The second kappa shape index (κ2) is 8.16. The minimum atomic E-state index is -0.656. The van der Waals surface area contributed by atoms with Crippen molar-refractivity contribution in [2.24, 2.45) is 0 Å². The summed E-state index contributed by atoms with van der Waals surface area (Å²) in [5.74, 6) is -0.741. The van der Waals surface area contributed by atoms with Gasteiger partial charge in [-0.3, -0.25) is 10.1 Å². The van der Waals surface area contributed by atoms with E-state index in [4.69, 9.17) is 16.3 Å². The Morgan fingerprint density at radius 2 is 1.92 bits per heavy atom. The van der Waals surface area contributed by atoms with Crippen LogP contribution >= 0.6 is 11.6 Å². The molecule has 8 heteroatoms. The van der Waals surface area contributed by atoms with Gasteiger partial charge in [0.05, 0.1) is 17.8 Å². The number of para-hydroxylation sites is 2. The highest BCUT2D eigenvalue weighted by Crippen LogP contribution is 2.24. The lowest BCUT2D eigenvalue weighted by Crippen LogP contribution is -2.21. The number of halogens is 2. The van der Waals surface area contributed by atoms with Gasteiger partial charge in [-0.05, 0) is 30.3 Å². The molecule has 0 spiro atoms. The molecule has 2 rings (SSSR count). The van der Waals surface area contributed by atoms with E-state index in [0.717, 1.165) is 6.07 Å². The molecule has 2 amide bonds. The summed E-state index contributed by atoms with van der Waals surface area (Å²) in [7, 11) is 1.24. The zero-order valence-electron chi connectivity index (χ0n) is 12.6. The molecule has 0 saturated heterocycles. The molecule has 2 aromatic rings. The number of amides is 2. The maximum atomic E-state index is 13.1. The highest BCUT2D eigenvalue weighted by molar-refractivity contribution is 6.31. The van der Waals surface area contributed by atoms with Gasteiger partial charge >= 0.3 is 6.09 Å². The number of rotatable bonds is 5. The van der Waals surface area contributed by atoms with Crippen LogP contribution in [0.3, 0.4) is 0 Å². The second-order valence-electron chi connectivity index (χ2n) is 4.58. The molecule has 126 valence electrons. The third-order valence-electron chi connectivity index (χ3n) is 2.87. The molecule has 0 fully saturated rings. The third-order valence-corrected chi connectivity index (χ3v) is 3.16. The van der Waals surface area contributed by atoms with Crippen LogP contribution in [0.5, 0.6) is 5.75 Å². The van der Waals surface area contributed by atoms with Gasteiger partial charge in [-0.1, -0.05) is 23.7 Å². The van der Waals surface area contributed by atoms with Crippen LogP contribution in [0.4, 0.5) is 20.6 Å². The van der Waals surface area contributed by atoms with Crippen LogP contribution in [-0.4, -0.2) is 25.7 Å². The molecular formula is C16H14ClFN2O4. The summed E-state index contributed by atoms with van der Waals surface area (Å²) in [6.07, 6.45) is -0.656. The summed E-state index contributed by atoms with van der Waals surface area (Å²) in [6.45, 7) is -0.311. The number of hydrogen-bond acceptors (Lipinski definition) is 4. The summed E-state index contributed by atoms with van der Waals surface area (Å²) in [5.41, 5.74) is 0.706. The maximum Gasteiger partial charge on any atom is 0.411 e. The van der Waals surface area contributed by atoms with E-state index in [1.54, 1.807) is 24.3 Å². The normalized spacial score (nSPS) is 9.96. The van der Waals surface area contributed by atoms with Crippen molar-refractivity contribution in [3.8, 4) is 5.75 Å². The molecular weight excluding hydrogens is 339 g/mol. The molecule has 0 unspecified atom stereocenters. The number of anilines is 2. The van der Waals surface area contributed by atoms with Gasteiger partial charge in [-0.25, -0.2) is 9.18 Å². The minimum absolute atomic E-state index is 0.0960. The number of ether oxygens (including phenoxy) is 2. The van der Waals surface area contributed by atoms with Crippen LogP contribution in [0, 0.1) is 5.82 Å². The molecule has 0 aliphatic carbocycles. The lowest BCUT2D eigenvalue weighted by atomic mass is 10.3. The quantitative estimate of drug-likeness (QED) is 0.860. The summed E-state index contributed by atoms with van der Waals surface area (Å²) < 4.78 is 23.0. The Kier molecular flexibility index (Phi) is 5.97. The summed E-state index contributed by atoms with van der Waals surface area (Å²) in [6, 6.07) is 10.4. The van der Waals surface area contributed by atoms with Gasteiger partial charge in [0, 0.05) is 5.69 Å². The van der Waals surface area contributed by atoms with Gasteiger partial charge in [0.25, 0.3) is 5.91 Å². The average Bonchev–Trinajstić information content (AvgIpc) is 2.57. The molecule has 2 N–H and O–H groups in total. The molecule has 0 atom stereocenters. The Hall–Kier alpha value is -2.80. The first-order valence-corrected chi connectivity index (χ1v) is 7.19. The number of carbonyl (C=O) groups is 2. The smallest absolute Gasteiger partial charge is 0.411 e. The first-order valence-electron chi connectivity index (χ1n) is 6.81. The van der Waals surface area contributed by atoms with Crippen LogP contribution in [0.25, 0.3) is 0 Å². The van der Waals surface area contributed by atoms with Crippen molar-refractivity contribution in [3.05, 3.63) is 53.3 Å². The van der Waals surface area contributed by atoms with E-state index < -0.39 is 17.8 Å². The highest BCUT2D eigenvalue weighted by atomic mass is 35.5. The lowest BCUT2D eigenvalue weighted by molar-refractivity contribution is -0.118. The predicted octanol–water partition coefficient (Wildman–Crippen LogP) is 3.67. The molecule has 0 heterocycles. The summed E-state index contributed by atoms with van der Waals surface area (Å²) in [4.78, 5) is 23.1. The molecule has 2 aromatic carbocycles. The fraction of sp³-hybridized carbons (Fsp3) is 0.125. The van der Waals surface area contributed by atoms with Crippen molar-refractivity contribution >= 4 is 35.0 Å². The number of carbonyl (C=O) groups excluding carboxylic acids is 2. The van der Waals surface area contributed by atoms with Crippen molar-refractivity contribution in [2.45, 2.75) is 0 Å². The van der Waals surface area contributed by atoms with Crippen molar-refractivity contribution in [3.63, 3.8) is 0 Å². The van der Waals surface area contributed by atoms with E-state index >= 15 is 0 Å². The lowest BCUT2D eigenvalue weighted by Gasteiger charge is -2.12. The van der Waals surface area contributed by atoms with Gasteiger partial charge in [0.15, 0.2) is 6.61 Å². The largest absolute Gasteiger partial charge is 0.482 e. The second-order valence-corrected chi connectivity index (χ2v) is 4.99. The van der Waals surface area contributed by atoms with Gasteiger partial charge < -0.3 is 14.8 Å². The first-order chi connectivity index (χ1) is 11.5. The Morgan fingerprint density at radius 3 is 2.62 bits per heavy atom. The molecule has 24 heavy (non-hydrogen) atoms. The van der Waals surface area contributed by atoms with Crippen molar-refractivity contribution in [2.75, 3.05) is 24.4 Å². The Morgan fingerprint density at radius 1 is 1.17 bits per heavy atom. The van der Waals surface area contributed by atoms with E-state index in [9.17, 15) is 14.0 Å². The number of nitrogens with one attached hydrogen (secondary N) is 2. The topological polar surface area (TPSA) is 76.7 Å². The Labute approximate surface area is 142 Å². The number of benzene rings is 2. The van der Waals surface area contributed by atoms with Crippen LogP contribution in [-0.2, 0) is 9.53 Å². The van der Waals surface area contributed by atoms with Gasteiger partial charge in [-0.2, -0.15) is 0 Å². The fourth-order valence-electron chi connectivity index (χ4n) is 1.77. The van der Waals surface area contributed by atoms with Crippen molar-refractivity contribution in [1.82, 2.24) is 0 Å². The zero-order chi connectivity index (χ0) is 17.5. The van der Waals surface area contributed by atoms with Crippen molar-refractivity contribution in [1.29, 1.82) is 0 Å². The molecule has 0 saturated carbocycles. The maximum absolute atomic E-state index is 13.1. The average molecular weight is 353 g/mol. The Bertz CT molecular complexity index is 755. The molecule has 0 radical (unpaired) electrons. The SMILES string of the molecule is COC(=O)Nc1ccccc1OCC(=O)Nc1ccc(F)c(Cl)c1. The molecule has 0 aromatic heterocycles. The van der Waals surface area contributed by atoms with E-state index in [1.807, 2.05) is 0 Å². The van der Waals surface area contributed by atoms with Crippen molar-refractivity contribution < 1.29 is 23.5 Å². The minimum Gasteiger partial charge on any atom is -0.482 e. The van der Waals surface area contributed by atoms with Gasteiger partial charge in [0.1, 0.15) is 11.6 Å². The first kappa shape index (κ1) is 17.6. The summed E-state index contributed by atoms with van der Waals surface area (Å²) in [5, 5.41) is 4.90. The van der Waals surface area contributed by atoms with E-state index in [-0.39, 0.29) is 11.6 Å². The highest BCUT2D eigenvalue weighted by Gasteiger charge is 2.10. The predicted molar refractivity (Wildman–Crippen MR) is 88.0 cm³/mol. The molecule has 0 aliphatic rings. The molecule has 0 aliphatic heterocycles. The Balaban J connectivity index is 1.96. The van der Waals surface area contributed by atoms with Crippen LogP contribution in [0.2, 0.25) is 5.02 Å². The molecule has 0 bridgehead atoms. The standard InChI is InChI=1S/C16H14ClFN2O4/c1-23-16(22)20-13-4-2-3-5-14(13)24-9-15(21)19-10-6-7-12(18)11(17)8-10/h2-8H,9H2,1H3,(H,19,21)(H,20,22). The van der Waals surface area contributed by atoms with Crippen LogP contribution in [0.1, 0.15) is 0 Å². The van der Waals surface area contributed by atoms with Gasteiger partial charge in [-0.15, -0.1) is 0 Å². The van der Waals surface area contributed by atoms with Gasteiger partial charge in [0.2, 0.25) is 0 Å². The zero-order valence-corrected chi connectivity index (χ0v) is 13.4. The monoisotopic (exact) mass is 352 g/mol. The van der Waals surface area contributed by atoms with E-state index in [0.29, 0.717) is 17.1 Å². The van der Waals surface area contributed by atoms with E-state index in [1.165, 1.54) is 19.2 Å². The molecule has 6 nitrogen and oxygen atoms in total. The van der Waals surface area contributed by atoms with E-state index in [2.05, 4.69) is 15.4 Å². The summed E-state index contributed by atoms with van der Waals surface area (Å²) >= 11 is 5.64. The number of hydrogen-bond donors (Lipinski definition) is 2. The van der Waals surface area contributed by atoms with Crippen LogP contribution in [0.15, 0.2) is 42.5 Å². The van der Waals surface area contributed by atoms with Crippen LogP contribution < -0.4 is 15.4 Å². The fourth-order valence-corrected chi connectivity index (χ4v) is 1.95. The number of methoxy groups -OCH3 is 1. The third kappa shape index (κ3) is 4.85.